The maximum Gasteiger partial charge on any atom is 0.134 e. The van der Waals surface area contributed by atoms with E-state index in [1.807, 2.05) is 6.07 Å². The van der Waals surface area contributed by atoms with E-state index in [1.165, 1.54) is 0 Å². The van der Waals surface area contributed by atoms with Crippen molar-refractivity contribution in [3.05, 3.63) is 12.4 Å². The van der Waals surface area contributed by atoms with Crippen LogP contribution in [0.5, 0.6) is 0 Å². The van der Waals surface area contributed by atoms with E-state index in [1.54, 1.807) is 6.33 Å². The normalized spacial score (nSPS) is 27.0. The highest BCUT2D eigenvalue weighted by Crippen LogP contribution is 2.25. The molecule has 0 radical (unpaired) electrons. The van der Waals surface area contributed by atoms with Crippen LogP contribution in [-0.2, 0) is 0 Å². The van der Waals surface area contributed by atoms with Gasteiger partial charge in [-0.2, -0.15) is 0 Å². The van der Waals surface area contributed by atoms with Gasteiger partial charge in [0.25, 0.3) is 0 Å². The molecular weight excluding hydrogens is 268 g/mol. The number of aliphatic hydroxyl groups excluding tert-OH is 2. The van der Waals surface area contributed by atoms with Crippen LogP contribution in [0.15, 0.2) is 12.4 Å². The third-order valence-electron chi connectivity index (χ3n) is 4.46. The molecule has 6 heteroatoms. The SMILES string of the molecule is OC[C@H]1CCCN(c2cc(N3CCC[C@H](O)C3)ncn2)C1. The Morgan fingerprint density at radius 1 is 1.05 bits per heavy atom. The van der Waals surface area contributed by atoms with E-state index in [0.29, 0.717) is 12.5 Å². The van der Waals surface area contributed by atoms with Gasteiger partial charge in [-0.1, -0.05) is 0 Å². The first-order valence-electron chi connectivity index (χ1n) is 7.87. The van der Waals surface area contributed by atoms with Crippen LogP contribution in [0.1, 0.15) is 25.7 Å². The molecule has 0 saturated carbocycles. The molecule has 0 unspecified atom stereocenters. The van der Waals surface area contributed by atoms with Gasteiger partial charge in [0.1, 0.15) is 18.0 Å². The summed E-state index contributed by atoms with van der Waals surface area (Å²) < 4.78 is 0. The fraction of sp³-hybridized carbons (Fsp3) is 0.733. The molecule has 1 aromatic rings. The molecule has 3 heterocycles. The molecule has 2 aliphatic rings. The van der Waals surface area contributed by atoms with Gasteiger partial charge in [0.15, 0.2) is 0 Å². The lowest BCUT2D eigenvalue weighted by molar-refractivity contribution is 0.154. The van der Waals surface area contributed by atoms with Crippen LogP contribution < -0.4 is 9.80 Å². The molecule has 2 fully saturated rings. The Kier molecular flexibility index (Phi) is 4.55. The van der Waals surface area contributed by atoms with Crippen molar-refractivity contribution in [3.63, 3.8) is 0 Å². The van der Waals surface area contributed by atoms with Crippen LogP contribution >= 0.6 is 0 Å². The van der Waals surface area contributed by atoms with E-state index in [0.717, 1.165) is 57.0 Å². The summed E-state index contributed by atoms with van der Waals surface area (Å²) in [4.78, 5) is 13.1. The lowest BCUT2D eigenvalue weighted by Crippen LogP contribution is -2.39. The Morgan fingerprint density at radius 2 is 1.71 bits per heavy atom. The fourth-order valence-corrected chi connectivity index (χ4v) is 3.27. The molecule has 2 aliphatic heterocycles. The van der Waals surface area contributed by atoms with E-state index in [2.05, 4.69) is 19.8 Å². The first-order valence-corrected chi connectivity index (χ1v) is 7.87. The zero-order valence-corrected chi connectivity index (χ0v) is 12.4. The van der Waals surface area contributed by atoms with Crippen molar-refractivity contribution in [1.29, 1.82) is 0 Å². The van der Waals surface area contributed by atoms with Crippen molar-refractivity contribution in [3.8, 4) is 0 Å². The summed E-state index contributed by atoms with van der Waals surface area (Å²) in [6.07, 6.45) is 5.39. The van der Waals surface area contributed by atoms with Crippen molar-refractivity contribution >= 4 is 11.6 Å². The second-order valence-corrected chi connectivity index (χ2v) is 6.11. The van der Waals surface area contributed by atoms with Crippen LogP contribution in [0.3, 0.4) is 0 Å². The maximum atomic E-state index is 9.80. The number of aliphatic hydroxyl groups is 2. The Labute approximate surface area is 125 Å². The molecule has 3 rings (SSSR count). The summed E-state index contributed by atoms with van der Waals surface area (Å²) in [5.74, 6) is 2.16. The van der Waals surface area contributed by atoms with Crippen LogP contribution in [0, 0.1) is 5.92 Å². The largest absolute Gasteiger partial charge is 0.396 e. The molecule has 116 valence electrons. The summed E-state index contributed by atoms with van der Waals surface area (Å²) in [5, 5.41) is 19.2. The third-order valence-corrected chi connectivity index (χ3v) is 4.46. The van der Waals surface area contributed by atoms with Crippen LogP contribution in [-0.4, -0.2) is 59.1 Å². The van der Waals surface area contributed by atoms with Crippen molar-refractivity contribution in [1.82, 2.24) is 9.97 Å². The number of rotatable bonds is 3. The second kappa shape index (κ2) is 6.58. The van der Waals surface area contributed by atoms with Crippen molar-refractivity contribution in [2.45, 2.75) is 31.8 Å². The lowest BCUT2D eigenvalue weighted by Gasteiger charge is -2.34. The van der Waals surface area contributed by atoms with Gasteiger partial charge in [0.2, 0.25) is 0 Å². The van der Waals surface area contributed by atoms with Gasteiger partial charge in [-0.05, 0) is 31.6 Å². The maximum absolute atomic E-state index is 9.80. The summed E-state index contributed by atoms with van der Waals surface area (Å²) >= 11 is 0. The molecule has 21 heavy (non-hydrogen) atoms. The minimum absolute atomic E-state index is 0.243. The first kappa shape index (κ1) is 14.5. The Hall–Kier alpha value is -1.40. The standard InChI is InChI=1S/C15H24N4O2/c20-10-12-3-1-5-18(8-12)14-7-15(17-11-16-14)19-6-2-4-13(21)9-19/h7,11-13,20-21H,1-6,8-10H2/t12-,13-/m0/s1. The quantitative estimate of drug-likeness (QED) is 0.852. The van der Waals surface area contributed by atoms with Gasteiger partial charge >= 0.3 is 0 Å². The Morgan fingerprint density at radius 3 is 2.38 bits per heavy atom. The number of anilines is 2. The third kappa shape index (κ3) is 3.44. The predicted molar refractivity (Wildman–Crippen MR) is 81.5 cm³/mol. The molecule has 2 saturated heterocycles. The highest BCUT2D eigenvalue weighted by atomic mass is 16.3. The van der Waals surface area contributed by atoms with E-state index in [-0.39, 0.29) is 12.7 Å². The van der Waals surface area contributed by atoms with Gasteiger partial charge in [-0.25, -0.2) is 9.97 Å². The zero-order chi connectivity index (χ0) is 14.7. The van der Waals surface area contributed by atoms with E-state index in [9.17, 15) is 10.2 Å². The monoisotopic (exact) mass is 292 g/mol. The highest BCUT2D eigenvalue weighted by molar-refractivity contribution is 5.50. The van der Waals surface area contributed by atoms with Gasteiger partial charge in [0.05, 0.1) is 6.10 Å². The molecule has 2 N–H and O–H groups in total. The highest BCUT2D eigenvalue weighted by Gasteiger charge is 2.23. The van der Waals surface area contributed by atoms with Crippen LogP contribution in [0.25, 0.3) is 0 Å². The van der Waals surface area contributed by atoms with Gasteiger partial charge in [-0.3, -0.25) is 0 Å². The molecule has 0 bridgehead atoms. The molecule has 0 aliphatic carbocycles. The Bertz CT molecular complexity index is 471. The second-order valence-electron chi connectivity index (χ2n) is 6.11. The van der Waals surface area contributed by atoms with Crippen molar-refractivity contribution in [2.75, 3.05) is 42.6 Å². The molecular formula is C15H24N4O2. The molecule has 2 atom stereocenters. The fourth-order valence-electron chi connectivity index (χ4n) is 3.27. The minimum atomic E-state index is -0.258. The van der Waals surface area contributed by atoms with Crippen LogP contribution in [0.2, 0.25) is 0 Å². The number of aromatic nitrogens is 2. The zero-order valence-electron chi connectivity index (χ0n) is 12.4. The number of nitrogens with zero attached hydrogens (tertiary/aromatic N) is 4. The average molecular weight is 292 g/mol. The molecule has 6 nitrogen and oxygen atoms in total. The topological polar surface area (TPSA) is 72.7 Å². The molecule has 1 aromatic heterocycles. The first-order chi connectivity index (χ1) is 10.3. The average Bonchev–Trinajstić information content (AvgIpc) is 2.55. The molecule has 0 amide bonds. The number of β-amino-alcohol motifs (C(OH)–C–C–N with tert-alkyl or cyclic N) is 1. The van der Waals surface area contributed by atoms with Gasteiger partial charge in [0, 0.05) is 38.9 Å². The summed E-state index contributed by atoms with van der Waals surface area (Å²) in [6.45, 7) is 3.67. The van der Waals surface area contributed by atoms with E-state index in [4.69, 9.17) is 0 Å². The molecule has 0 aromatic carbocycles. The predicted octanol–water partition coefficient (Wildman–Crippen LogP) is 0.646. The summed E-state index contributed by atoms with van der Waals surface area (Å²) in [6, 6.07) is 2.01. The Balaban J connectivity index is 1.73. The van der Waals surface area contributed by atoms with Gasteiger partial charge < -0.3 is 20.0 Å². The number of hydrogen-bond acceptors (Lipinski definition) is 6. The van der Waals surface area contributed by atoms with Gasteiger partial charge in [-0.15, -0.1) is 0 Å². The smallest absolute Gasteiger partial charge is 0.134 e. The van der Waals surface area contributed by atoms with E-state index < -0.39 is 0 Å². The summed E-state index contributed by atoms with van der Waals surface area (Å²) in [7, 11) is 0. The van der Waals surface area contributed by atoms with Crippen LogP contribution in [0.4, 0.5) is 11.6 Å². The number of piperidine rings is 2. The molecule has 0 spiro atoms. The van der Waals surface area contributed by atoms with E-state index >= 15 is 0 Å². The number of hydrogen-bond donors (Lipinski definition) is 2. The minimum Gasteiger partial charge on any atom is -0.396 e. The lowest BCUT2D eigenvalue weighted by atomic mass is 9.99. The van der Waals surface area contributed by atoms with Crippen molar-refractivity contribution in [2.24, 2.45) is 5.92 Å². The summed E-state index contributed by atoms with van der Waals surface area (Å²) in [5.41, 5.74) is 0. The van der Waals surface area contributed by atoms with Crippen molar-refractivity contribution < 1.29 is 10.2 Å².